The lowest BCUT2D eigenvalue weighted by molar-refractivity contribution is 0.0695. The third kappa shape index (κ3) is 3.41. The van der Waals surface area contributed by atoms with Gasteiger partial charge in [-0.2, -0.15) is 0 Å². The average Bonchev–Trinajstić information content (AvgIpc) is 2.74. The normalized spacial score (nSPS) is 14.5. The van der Waals surface area contributed by atoms with Crippen molar-refractivity contribution >= 4 is 23.3 Å². The molecule has 1 aliphatic heterocycles. The molecule has 0 spiro atoms. The van der Waals surface area contributed by atoms with Crippen molar-refractivity contribution in [3.05, 3.63) is 87.4 Å². The van der Waals surface area contributed by atoms with Crippen LogP contribution in [-0.4, -0.2) is 24.2 Å². The largest absolute Gasteiger partial charge is 0.478 e. The fraction of sp³-hybridized carbons (Fsp3) is 0.240. The summed E-state index contributed by atoms with van der Waals surface area (Å²) in [5.74, 6) is 0.209. The summed E-state index contributed by atoms with van der Waals surface area (Å²) in [7, 11) is 0. The summed E-state index contributed by atoms with van der Waals surface area (Å²) in [6.07, 6.45) is 0. The topological polar surface area (TPSA) is 49.8 Å². The average molecular weight is 422 g/mol. The second-order valence-electron chi connectivity index (χ2n) is 7.46. The predicted molar refractivity (Wildman–Crippen MR) is 121 cm³/mol. The van der Waals surface area contributed by atoms with E-state index >= 15 is 0 Å². The molecule has 0 bridgehead atoms. The van der Waals surface area contributed by atoms with Crippen molar-refractivity contribution in [1.82, 2.24) is 0 Å². The Labute approximate surface area is 181 Å². The number of halogens is 1. The maximum atomic E-state index is 12.0. The summed E-state index contributed by atoms with van der Waals surface area (Å²) in [5.41, 5.74) is 4.92. The van der Waals surface area contributed by atoms with Crippen LogP contribution in [0.1, 0.15) is 52.4 Å². The second-order valence-corrected chi connectivity index (χ2v) is 7.87. The number of hydrogen-bond donors (Lipinski definition) is 1. The number of fused-ring (bicyclic) bond motifs is 2. The van der Waals surface area contributed by atoms with Crippen molar-refractivity contribution in [1.29, 1.82) is 0 Å². The Morgan fingerprint density at radius 3 is 2.40 bits per heavy atom. The van der Waals surface area contributed by atoms with Crippen LogP contribution in [-0.2, 0) is 0 Å². The Kier molecular flexibility index (Phi) is 5.44. The van der Waals surface area contributed by atoms with Gasteiger partial charge in [-0.25, -0.2) is 4.79 Å². The van der Waals surface area contributed by atoms with Gasteiger partial charge in [0.05, 0.1) is 5.56 Å². The molecule has 0 radical (unpaired) electrons. The molecule has 3 aromatic carbocycles. The highest BCUT2D eigenvalue weighted by Gasteiger charge is 2.32. The molecule has 0 fully saturated rings. The van der Waals surface area contributed by atoms with Gasteiger partial charge < -0.3 is 14.7 Å². The van der Waals surface area contributed by atoms with E-state index in [0.717, 1.165) is 46.8 Å². The molecule has 4 nitrogen and oxygen atoms in total. The Morgan fingerprint density at radius 2 is 1.70 bits per heavy atom. The monoisotopic (exact) mass is 421 g/mol. The highest BCUT2D eigenvalue weighted by atomic mass is 35.5. The van der Waals surface area contributed by atoms with Crippen LogP contribution in [0.3, 0.4) is 0 Å². The zero-order chi connectivity index (χ0) is 21.4. The van der Waals surface area contributed by atoms with Crippen molar-refractivity contribution in [2.45, 2.75) is 26.7 Å². The van der Waals surface area contributed by atoms with Crippen LogP contribution in [0.2, 0.25) is 5.02 Å². The SMILES string of the molecule is CCN(CC)c1ccc2c(c1)Oc1cc(Cl)c(C)cc1C2c1ccccc1C(=O)O. The number of nitrogens with zero attached hydrogens (tertiary/aromatic N) is 1. The summed E-state index contributed by atoms with van der Waals surface area (Å²) in [4.78, 5) is 14.2. The maximum absolute atomic E-state index is 12.0. The van der Waals surface area contributed by atoms with Crippen LogP contribution in [0.5, 0.6) is 11.5 Å². The third-order valence-electron chi connectivity index (χ3n) is 5.76. The van der Waals surface area contributed by atoms with Crippen molar-refractivity contribution in [3.63, 3.8) is 0 Å². The molecule has 0 saturated heterocycles. The lowest BCUT2D eigenvalue weighted by Crippen LogP contribution is -2.22. The number of aromatic carboxylic acids is 1. The summed E-state index contributed by atoms with van der Waals surface area (Å²) < 4.78 is 6.29. The minimum Gasteiger partial charge on any atom is -0.478 e. The molecular weight excluding hydrogens is 398 g/mol. The van der Waals surface area contributed by atoms with Gasteiger partial charge in [0.2, 0.25) is 0 Å². The van der Waals surface area contributed by atoms with Crippen LogP contribution < -0.4 is 9.64 Å². The van der Waals surface area contributed by atoms with Crippen molar-refractivity contribution in [3.8, 4) is 11.5 Å². The van der Waals surface area contributed by atoms with Gasteiger partial charge in [-0.05, 0) is 56.2 Å². The van der Waals surface area contributed by atoms with Crippen LogP contribution in [0.15, 0.2) is 54.6 Å². The van der Waals surface area contributed by atoms with Crippen LogP contribution in [0.25, 0.3) is 0 Å². The zero-order valence-corrected chi connectivity index (χ0v) is 18.0. The van der Waals surface area contributed by atoms with Gasteiger partial charge in [-0.1, -0.05) is 35.9 Å². The number of carboxylic acid groups (broad SMARTS) is 1. The van der Waals surface area contributed by atoms with Gasteiger partial charge in [0.15, 0.2) is 0 Å². The summed E-state index contributed by atoms with van der Waals surface area (Å²) >= 11 is 6.39. The maximum Gasteiger partial charge on any atom is 0.335 e. The fourth-order valence-electron chi connectivity index (χ4n) is 4.20. The van der Waals surface area contributed by atoms with E-state index in [1.165, 1.54) is 0 Å². The molecule has 4 rings (SSSR count). The van der Waals surface area contributed by atoms with Crippen LogP contribution in [0.4, 0.5) is 5.69 Å². The smallest absolute Gasteiger partial charge is 0.335 e. The number of carboxylic acids is 1. The fourth-order valence-corrected chi connectivity index (χ4v) is 4.35. The molecule has 0 saturated carbocycles. The highest BCUT2D eigenvalue weighted by molar-refractivity contribution is 6.31. The van der Waals surface area contributed by atoms with Crippen molar-refractivity contribution in [2.24, 2.45) is 0 Å². The molecule has 0 aliphatic carbocycles. The van der Waals surface area contributed by atoms with Gasteiger partial charge in [-0.15, -0.1) is 0 Å². The van der Waals surface area contributed by atoms with Crippen LogP contribution in [0, 0.1) is 6.92 Å². The number of rotatable bonds is 5. The van der Waals surface area contributed by atoms with Gasteiger partial charge in [0.25, 0.3) is 0 Å². The van der Waals surface area contributed by atoms with E-state index in [0.29, 0.717) is 16.3 Å². The second kappa shape index (κ2) is 8.04. The predicted octanol–water partition coefficient (Wildman–Crippen LogP) is 6.48. The van der Waals surface area contributed by atoms with Crippen molar-refractivity contribution in [2.75, 3.05) is 18.0 Å². The number of anilines is 1. The van der Waals surface area contributed by atoms with E-state index < -0.39 is 5.97 Å². The summed E-state index contributed by atoms with van der Waals surface area (Å²) in [5, 5.41) is 10.4. The van der Waals surface area contributed by atoms with Gasteiger partial charge in [-0.3, -0.25) is 0 Å². The molecule has 1 atom stereocenters. The molecule has 1 unspecified atom stereocenters. The zero-order valence-electron chi connectivity index (χ0n) is 17.3. The van der Waals surface area contributed by atoms with E-state index in [9.17, 15) is 9.90 Å². The first-order valence-corrected chi connectivity index (χ1v) is 10.5. The Balaban J connectivity index is 1.96. The third-order valence-corrected chi connectivity index (χ3v) is 6.17. The van der Waals surface area contributed by atoms with Gasteiger partial charge in [0.1, 0.15) is 11.5 Å². The number of aryl methyl sites for hydroxylation is 1. The first-order chi connectivity index (χ1) is 14.4. The van der Waals surface area contributed by atoms with E-state index in [-0.39, 0.29) is 5.92 Å². The number of ether oxygens (including phenoxy) is 1. The number of benzene rings is 3. The molecule has 5 heteroatoms. The molecule has 3 aromatic rings. The molecule has 1 aliphatic rings. The Morgan fingerprint density at radius 1 is 1.00 bits per heavy atom. The highest BCUT2D eigenvalue weighted by Crippen LogP contribution is 2.50. The molecule has 1 N–H and O–H groups in total. The van der Waals surface area contributed by atoms with Crippen LogP contribution >= 0.6 is 11.6 Å². The van der Waals surface area contributed by atoms with E-state index in [1.807, 2.05) is 37.3 Å². The molecule has 1 heterocycles. The number of hydrogen-bond acceptors (Lipinski definition) is 3. The van der Waals surface area contributed by atoms with E-state index in [1.54, 1.807) is 12.1 Å². The van der Waals surface area contributed by atoms with Crippen molar-refractivity contribution < 1.29 is 14.6 Å². The molecular formula is C25H24ClNO3. The molecule has 0 aromatic heterocycles. The Bertz CT molecular complexity index is 1120. The first kappa shape index (κ1) is 20.3. The lowest BCUT2D eigenvalue weighted by Gasteiger charge is -2.31. The van der Waals surface area contributed by atoms with E-state index in [4.69, 9.17) is 16.3 Å². The quantitative estimate of drug-likeness (QED) is 0.400. The Hall–Kier alpha value is -2.98. The summed E-state index contributed by atoms with van der Waals surface area (Å²) in [6.45, 7) is 7.97. The minimum absolute atomic E-state index is 0.252. The first-order valence-electron chi connectivity index (χ1n) is 10.1. The summed E-state index contributed by atoms with van der Waals surface area (Å²) in [6, 6.07) is 17.2. The van der Waals surface area contributed by atoms with Gasteiger partial charge >= 0.3 is 5.97 Å². The van der Waals surface area contributed by atoms with Gasteiger partial charge in [0, 0.05) is 46.9 Å². The lowest BCUT2D eigenvalue weighted by atomic mass is 9.80. The number of carbonyl (C=O) groups is 1. The molecule has 30 heavy (non-hydrogen) atoms. The molecule has 154 valence electrons. The van der Waals surface area contributed by atoms with E-state index in [2.05, 4.69) is 30.9 Å². The standard InChI is InChI=1S/C25H24ClNO3/c1-4-27(5-2)16-10-11-19-22(13-16)30-23-14-21(26)15(3)12-20(23)24(19)17-8-6-7-9-18(17)25(28)29/h6-14,24H,4-5H2,1-3H3,(H,28,29). The minimum atomic E-state index is -0.939. The molecule has 0 amide bonds.